The minimum atomic E-state index is -0.938. The van der Waals surface area contributed by atoms with E-state index < -0.39 is 5.97 Å². The first-order valence-corrected chi connectivity index (χ1v) is 7.30. The molecule has 2 atom stereocenters. The molecule has 5 heteroatoms. The molecule has 1 aliphatic rings. The number of rotatable bonds is 4. The molecule has 1 saturated carbocycles. The van der Waals surface area contributed by atoms with Gasteiger partial charge in [0.1, 0.15) is 0 Å². The lowest BCUT2D eigenvalue weighted by molar-refractivity contribution is 0.0697. The van der Waals surface area contributed by atoms with Crippen LogP contribution in [0.1, 0.15) is 36.0 Å². The summed E-state index contributed by atoms with van der Waals surface area (Å²) >= 11 is 3.33. The fraction of sp³-hybridized carbons (Fsp3) is 0.500. The van der Waals surface area contributed by atoms with E-state index in [9.17, 15) is 9.90 Å². The average Bonchev–Trinajstić information content (AvgIpc) is 2.38. The SMILES string of the molecule is O=C(O)c1cc(Br)cc(NC2CCCCC2CO)c1. The van der Waals surface area contributed by atoms with Crippen molar-refractivity contribution >= 4 is 27.6 Å². The van der Waals surface area contributed by atoms with E-state index in [2.05, 4.69) is 21.2 Å². The molecule has 0 spiro atoms. The molecule has 104 valence electrons. The van der Waals surface area contributed by atoms with Crippen LogP contribution in [-0.4, -0.2) is 28.8 Å². The number of hydrogen-bond acceptors (Lipinski definition) is 3. The molecule has 2 rings (SSSR count). The third-order valence-electron chi connectivity index (χ3n) is 3.64. The van der Waals surface area contributed by atoms with Crippen molar-refractivity contribution in [3.63, 3.8) is 0 Å². The normalized spacial score (nSPS) is 23.1. The highest BCUT2D eigenvalue weighted by atomic mass is 79.9. The van der Waals surface area contributed by atoms with Crippen LogP contribution in [0.3, 0.4) is 0 Å². The standard InChI is InChI=1S/C14H18BrNO3/c15-11-5-10(14(18)19)6-12(7-11)16-13-4-2-1-3-9(13)8-17/h5-7,9,13,16-17H,1-4,8H2,(H,18,19). The number of hydrogen-bond donors (Lipinski definition) is 3. The van der Waals surface area contributed by atoms with Crippen molar-refractivity contribution in [1.82, 2.24) is 0 Å². The minimum absolute atomic E-state index is 0.178. The molecule has 19 heavy (non-hydrogen) atoms. The minimum Gasteiger partial charge on any atom is -0.478 e. The van der Waals surface area contributed by atoms with Gasteiger partial charge in [-0.05, 0) is 31.0 Å². The summed E-state index contributed by atoms with van der Waals surface area (Å²) in [5.41, 5.74) is 1.05. The van der Waals surface area contributed by atoms with Crippen molar-refractivity contribution in [3.8, 4) is 0 Å². The summed E-state index contributed by atoms with van der Waals surface area (Å²) in [5, 5.41) is 21.8. The smallest absolute Gasteiger partial charge is 0.335 e. The molecule has 1 aromatic carbocycles. The van der Waals surface area contributed by atoms with Gasteiger partial charge in [-0.2, -0.15) is 0 Å². The Balaban J connectivity index is 2.15. The molecule has 2 unspecified atom stereocenters. The van der Waals surface area contributed by atoms with Crippen LogP contribution in [0.25, 0.3) is 0 Å². The highest BCUT2D eigenvalue weighted by molar-refractivity contribution is 9.10. The topological polar surface area (TPSA) is 69.6 Å². The van der Waals surface area contributed by atoms with Gasteiger partial charge >= 0.3 is 5.97 Å². The summed E-state index contributed by atoms with van der Waals surface area (Å²) < 4.78 is 0.742. The second kappa shape index (κ2) is 6.39. The van der Waals surface area contributed by atoms with Gasteiger partial charge in [-0.3, -0.25) is 0 Å². The quantitative estimate of drug-likeness (QED) is 0.794. The van der Waals surface area contributed by atoms with E-state index in [0.717, 1.165) is 35.8 Å². The third kappa shape index (κ3) is 3.70. The number of aromatic carboxylic acids is 1. The van der Waals surface area contributed by atoms with Crippen LogP contribution in [0.5, 0.6) is 0 Å². The molecule has 4 nitrogen and oxygen atoms in total. The molecule has 0 amide bonds. The number of aliphatic hydroxyl groups is 1. The Morgan fingerprint density at radius 3 is 2.74 bits per heavy atom. The summed E-state index contributed by atoms with van der Waals surface area (Å²) in [6, 6.07) is 5.30. The van der Waals surface area contributed by atoms with Crippen molar-refractivity contribution in [3.05, 3.63) is 28.2 Å². The lowest BCUT2D eigenvalue weighted by Crippen LogP contribution is -2.34. The van der Waals surface area contributed by atoms with Crippen molar-refractivity contribution in [2.24, 2.45) is 5.92 Å². The molecule has 0 heterocycles. The zero-order valence-corrected chi connectivity index (χ0v) is 12.2. The van der Waals surface area contributed by atoms with Gasteiger partial charge in [-0.1, -0.05) is 28.8 Å². The van der Waals surface area contributed by atoms with Crippen molar-refractivity contribution in [1.29, 1.82) is 0 Å². The average molecular weight is 328 g/mol. The number of aliphatic hydroxyl groups excluding tert-OH is 1. The van der Waals surface area contributed by atoms with E-state index in [1.54, 1.807) is 12.1 Å². The Morgan fingerprint density at radius 2 is 2.05 bits per heavy atom. The molecule has 3 N–H and O–H groups in total. The summed E-state index contributed by atoms with van der Waals surface area (Å²) in [6.07, 6.45) is 4.34. The maximum absolute atomic E-state index is 11.0. The van der Waals surface area contributed by atoms with E-state index in [4.69, 9.17) is 5.11 Å². The first kappa shape index (κ1) is 14.3. The van der Waals surface area contributed by atoms with Crippen molar-refractivity contribution in [2.75, 3.05) is 11.9 Å². The lowest BCUT2D eigenvalue weighted by Gasteiger charge is -2.31. The van der Waals surface area contributed by atoms with Gasteiger partial charge in [-0.15, -0.1) is 0 Å². The predicted octanol–water partition coefficient (Wildman–Crippen LogP) is 3.11. The number of nitrogens with one attached hydrogen (secondary N) is 1. The zero-order chi connectivity index (χ0) is 13.8. The lowest BCUT2D eigenvalue weighted by atomic mass is 9.85. The summed E-state index contributed by atoms with van der Waals surface area (Å²) in [5.74, 6) is -0.687. The third-order valence-corrected chi connectivity index (χ3v) is 4.10. The number of carboxylic acids is 1. The molecule has 0 bridgehead atoms. The molecule has 0 aliphatic heterocycles. The molecule has 1 fully saturated rings. The fourth-order valence-corrected chi connectivity index (χ4v) is 3.12. The molecular formula is C14H18BrNO3. The van der Waals surface area contributed by atoms with Gasteiger partial charge in [0.05, 0.1) is 5.56 Å². The molecule has 1 aliphatic carbocycles. The van der Waals surface area contributed by atoms with Crippen LogP contribution in [0.4, 0.5) is 5.69 Å². The van der Waals surface area contributed by atoms with Gasteiger partial charge < -0.3 is 15.5 Å². The summed E-state index contributed by atoms with van der Waals surface area (Å²) in [7, 11) is 0. The Morgan fingerprint density at radius 1 is 1.32 bits per heavy atom. The fourth-order valence-electron chi connectivity index (χ4n) is 2.63. The Kier molecular flexibility index (Phi) is 4.82. The molecule has 0 aromatic heterocycles. The number of benzene rings is 1. The van der Waals surface area contributed by atoms with Crippen LogP contribution in [0, 0.1) is 5.92 Å². The van der Waals surface area contributed by atoms with E-state index in [0.29, 0.717) is 0 Å². The first-order chi connectivity index (χ1) is 9.10. The first-order valence-electron chi connectivity index (χ1n) is 6.51. The maximum atomic E-state index is 11.0. The largest absolute Gasteiger partial charge is 0.478 e. The van der Waals surface area contributed by atoms with Gasteiger partial charge in [0.25, 0.3) is 0 Å². The van der Waals surface area contributed by atoms with Gasteiger partial charge in [0, 0.05) is 28.7 Å². The predicted molar refractivity (Wildman–Crippen MR) is 77.6 cm³/mol. The molecule has 0 saturated heterocycles. The van der Waals surface area contributed by atoms with Gasteiger partial charge in [0.15, 0.2) is 0 Å². The van der Waals surface area contributed by atoms with Crippen LogP contribution >= 0.6 is 15.9 Å². The second-order valence-corrected chi connectivity index (χ2v) is 5.93. The highest BCUT2D eigenvalue weighted by Crippen LogP contribution is 2.28. The van der Waals surface area contributed by atoms with E-state index in [-0.39, 0.29) is 24.1 Å². The van der Waals surface area contributed by atoms with E-state index >= 15 is 0 Å². The van der Waals surface area contributed by atoms with Gasteiger partial charge in [0.2, 0.25) is 0 Å². The Labute approximate surface area is 121 Å². The van der Waals surface area contributed by atoms with E-state index in [1.807, 2.05) is 6.07 Å². The van der Waals surface area contributed by atoms with Crippen LogP contribution in [0.15, 0.2) is 22.7 Å². The Bertz CT molecular complexity index is 464. The zero-order valence-electron chi connectivity index (χ0n) is 10.6. The van der Waals surface area contributed by atoms with Gasteiger partial charge in [-0.25, -0.2) is 4.79 Å². The highest BCUT2D eigenvalue weighted by Gasteiger charge is 2.24. The number of carboxylic acid groups (broad SMARTS) is 1. The monoisotopic (exact) mass is 327 g/mol. The van der Waals surface area contributed by atoms with E-state index in [1.165, 1.54) is 0 Å². The molecule has 1 aromatic rings. The second-order valence-electron chi connectivity index (χ2n) is 5.01. The maximum Gasteiger partial charge on any atom is 0.335 e. The van der Waals surface area contributed by atoms with Crippen LogP contribution in [-0.2, 0) is 0 Å². The molecular weight excluding hydrogens is 310 g/mol. The number of carbonyl (C=O) groups is 1. The van der Waals surface area contributed by atoms with Crippen LogP contribution in [0.2, 0.25) is 0 Å². The number of halogens is 1. The summed E-state index contributed by atoms with van der Waals surface area (Å²) in [6.45, 7) is 0.178. The summed E-state index contributed by atoms with van der Waals surface area (Å²) in [4.78, 5) is 11.0. The van der Waals surface area contributed by atoms with Crippen molar-refractivity contribution < 1.29 is 15.0 Å². The van der Waals surface area contributed by atoms with Crippen molar-refractivity contribution in [2.45, 2.75) is 31.7 Å². The number of anilines is 1. The van der Waals surface area contributed by atoms with Crippen LogP contribution < -0.4 is 5.32 Å². The Hall–Kier alpha value is -1.07. The molecule has 0 radical (unpaired) electrons.